The summed E-state index contributed by atoms with van der Waals surface area (Å²) in [4.78, 5) is 0. The fraction of sp³-hybridized carbons (Fsp3) is 0.500. The van der Waals surface area contributed by atoms with E-state index in [-0.39, 0.29) is 12.5 Å². The smallest absolute Gasteiger partial charge is 0.173 e. The molecule has 1 aromatic heterocycles. The minimum atomic E-state index is -0.220. The first-order valence-corrected chi connectivity index (χ1v) is 7.96. The lowest BCUT2D eigenvalue weighted by atomic mass is 9.49. The molecule has 22 heavy (non-hydrogen) atoms. The summed E-state index contributed by atoms with van der Waals surface area (Å²) in [5, 5.41) is 8.32. The zero-order valence-corrected chi connectivity index (χ0v) is 13.1. The van der Waals surface area contributed by atoms with Gasteiger partial charge in [-0.2, -0.15) is 0 Å². The van der Waals surface area contributed by atoms with Crippen LogP contribution in [0.15, 0.2) is 24.4 Å². The summed E-state index contributed by atoms with van der Waals surface area (Å²) in [5.41, 5.74) is 1.49. The molecule has 116 valence electrons. The highest BCUT2D eigenvalue weighted by atomic mass is 19.1. The average molecular weight is 301 g/mol. The number of rotatable bonds is 5. The van der Waals surface area contributed by atoms with Crippen molar-refractivity contribution in [1.82, 2.24) is 15.0 Å². The Balaban J connectivity index is 1.61. The van der Waals surface area contributed by atoms with E-state index >= 15 is 0 Å². The largest absolute Gasteiger partial charge is 0.487 e. The van der Waals surface area contributed by atoms with Gasteiger partial charge >= 0.3 is 0 Å². The SMILES string of the molecule is CB(C)c1ccc(OCc2cn(C3CCCC3)nn2)cc1F. The molecule has 0 bridgehead atoms. The molecular formula is C16H21BFN3O. The van der Waals surface area contributed by atoms with Crippen LogP contribution in [0.3, 0.4) is 0 Å². The van der Waals surface area contributed by atoms with E-state index in [1.807, 2.05) is 24.5 Å². The number of ether oxygens (including phenoxy) is 1. The molecule has 0 unspecified atom stereocenters. The van der Waals surface area contributed by atoms with Gasteiger partial charge in [0.05, 0.1) is 12.2 Å². The van der Waals surface area contributed by atoms with Gasteiger partial charge in [-0.3, -0.25) is 0 Å². The molecule has 6 heteroatoms. The Morgan fingerprint density at radius 1 is 1.32 bits per heavy atom. The summed E-state index contributed by atoms with van der Waals surface area (Å²) in [6.45, 7) is 4.42. The third kappa shape index (κ3) is 3.31. The molecule has 2 aromatic rings. The van der Waals surface area contributed by atoms with Crippen molar-refractivity contribution in [2.75, 3.05) is 0 Å². The summed E-state index contributed by atoms with van der Waals surface area (Å²) >= 11 is 0. The predicted molar refractivity (Wildman–Crippen MR) is 85.4 cm³/mol. The quantitative estimate of drug-likeness (QED) is 0.797. The molecule has 4 nitrogen and oxygen atoms in total. The minimum absolute atomic E-state index is 0.167. The second-order valence-corrected chi connectivity index (χ2v) is 6.25. The van der Waals surface area contributed by atoms with Crippen LogP contribution in [0, 0.1) is 5.82 Å². The molecule has 1 aliphatic rings. The molecule has 3 rings (SSSR count). The third-order valence-electron chi connectivity index (χ3n) is 4.24. The summed E-state index contributed by atoms with van der Waals surface area (Å²) in [6, 6.07) is 5.50. The van der Waals surface area contributed by atoms with Gasteiger partial charge in [0.1, 0.15) is 23.9 Å². The standard InChI is InChI=1S/C16H21BFN3O/c1-17(2)15-8-7-14(9-16(15)18)22-11-12-10-21(20-19-12)13-5-3-4-6-13/h7-10,13H,3-6,11H2,1-2H3. The Labute approximate surface area is 130 Å². The molecule has 1 fully saturated rings. The van der Waals surface area contributed by atoms with E-state index < -0.39 is 0 Å². The Kier molecular flexibility index (Phi) is 4.45. The fourth-order valence-corrected chi connectivity index (χ4v) is 2.95. The van der Waals surface area contributed by atoms with Gasteiger partial charge in [0.2, 0.25) is 0 Å². The predicted octanol–water partition coefficient (Wildman–Crippen LogP) is 3.07. The van der Waals surface area contributed by atoms with Crippen molar-refractivity contribution in [2.45, 2.75) is 52.0 Å². The zero-order chi connectivity index (χ0) is 15.5. The Morgan fingerprint density at radius 3 is 2.77 bits per heavy atom. The van der Waals surface area contributed by atoms with E-state index in [1.165, 1.54) is 31.7 Å². The maximum atomic E-state index is 13.9. The molecule has 0 aliphatic heterocycles. The lowest BCUT2D eigenvalue weighted by Crippen LogP contribution is -2.25. The van der Waals surface area contributed by atoms with Crippen LogP contribution in [0.5, 0.6) is 5.75 Å². The third-order valence-corrected chi connectivity index (χ3v) is 4.24. The van der Waals surface area contributed by atoms with Crippen molar-refractivity contribution >= 4 is 12.2 Å². The first kappa shape index (κ1) is 15.1. The van der Waals surface area contributed by atoms with Gasteiger partial charge in [0, 0.05) is 6.07 Å². The normalized spacial score (nSPS) is 15.2. The number of nitrogens with zero attached hydrogens (tertiary/aromatic N) is 3. The van der Waals surface area contributed by atoms with E-state index in [9.17, 15) is 4.39 Å². The number of hydrogen-bond acceptors (Lipinski definition) is 3. The van der Waals surface area contributed by atoms with Gasteiger partial charge in [-0.1, -0.05) is 37.8 Å². The molecule has 1 aromatic carbocycles. The summed E-state index contributed by atoms with van der Waals surface area (Å²) in [5.74, 6) is 0.305. The highest BCUT2D eigenvalue weighted by Crippen LogP contribution is 2.28. The van der Waals surface area contributed by atoms with Gasteiger partial charge in [0.15, 0.2) is 6.71 Å². The van der Waals surface area contributed by atoms with Gasteiger partial charge in [-0.05, 0) is 24.4 Å². The lowest BCUT2D eigenvalue weighted by molar-refractivity contribution is 0.299. The molecule has 0 spiro atoms. The van der Waals surface area contributed by atoms with E-state index in [0.29, 0.717) is 23.9 Å². The number of hydrogen-bond donors (Lipinski definition) is 0. The van der Waals surface area contributed by atoms with Crippen LogP contribution < -0.4 is 10.2 Å². The highest BCUT2D eigenvalue weighted by Gasteiger charge is 2.18. The van der Waals surface area contributed by atoms with Crippen LogP contribution in [0.2, 0.25) is 13.6 Å². The number of halogens is 1. The van der Waals surface area contributed by atoms with Crippen molar-refractivity contribution in [3.63, 3.8) is 0 Å². The van der Waals surface area contributed by atoms with E-state index in [2.05, 4.69) is 10.3 Å². The summed E-state index contributed by atoms with van der Waals surface area (Å²) in [6.07, 6.45) is 6.81. The van der Waals surface area contributed by atoms with Gasteiger partial charge in [-0.15, -0.1) is 5.10 Å². The molecule has 0 N–H and O–H groups in total. The van der Waals surface area contributed by atoms with Gasteiger partial charge in [-0.25, -0.2) is 9.07 Å². The van der Waals surface area contributed by atoms with Crippen molar-refractivity contribution in [3.05, 3.63) is 35.9 Å². The number of benzene rings is 1. The van der Waals surface area contributed by atoms with Crippen molar-refractivity contribution < 1.29 is 9.13 Å². The van der Waals surface area contributed by atoms with E-state index in [0.717, 1.165) is 5.69 Å². The van der Waals surface area contributed by atoms with Crippen LogP contribution in [0.25, 0.3) is 0 Å². The topological polar surface area (TPSA) is 39.9 Å². The number of aromatic nitrogens is 3. The molecule has 1 aliphatic carbocycles. The van der Waals surface area contributed by atoms with Crippen molar-refractivity contribution in [1.29, 1.82) is 0 Å². The van der Waals surface area contributed by atoms with Crippen LogP contribution in [-0.2, 0) is 6.61 Å². The zero-order valence-electron chi connectivity index (χ0n) is 13.1. The Bertz CT molecular complexity index is 638. The van der Waals surface area contributed by atoms with Crippen LogP contribution in [-0.4, -0.2) is 21.7 Å². The summed E-state index contributed by atoms with van der Waals surface area (Å²) < 4.78 is 21.5. The van der Waals surface area contributed by atoms with Crippen LogP contribution in [0.1, 0.15) is 37.4 Å². The van der Waals surface area contributed by atoms with Crippen molar-refractivity contribution in [3.8, 4) is 5.75 Å². The Morgan fingerprint density at radius 2 is 2.09 bits per heavy atom. The molecular weight excluding hydrogens is 280 g/mol. The van der Waals surface area contributed by atoms with E-state index in [4.69, 9.17) is 4.74 Å². The maximum Gasteiger partial charge on any atom is 0.173 e. The average Bonchev–Trinajstić information content (AvgIpc) is 3.16. The molecule has 0 radical (unpaired) electrons. The second kappa shape index (κ2) is 6.50. The molecule has 0 amide bonds. The van der Waals surface area contributed by atoms with E-state index in [1.54, 1.807) is 12.1 Å². The molecule has 1 saturated carbocycles. The first-order valence-electron chi connectivity index (χ1n) is 7.96. The minimum Gasteiger partial charge on any atom is -0.487 e. The molecule has 0 saturated heterocycles. The maximum absolute atomic E-state index is 13.9. The highest BCUT2D eigenvalue weighted by molar-refractivity contribution is 6.70. The van der Waals surface area contributed by atoms with Gasteiger partial charge < -0.3 is 4.74 Å². The van der Waals surface area contributed by atoms with Crippen molar-refractivity contribution in [2.24, 2.45) is 0 Å². The first-order chi connectivity index (χ1) is 10.6. The monoisotopic (exact) mass is 301 g/mol. The summed E-state index contributed by atoms with van der Waals surface area (Å²) in [7, 11) is 0. The van der Waals surface area contributed by atoms with Gasteiger partial charge in [0.25, 0.3) is 0 Å². The Hall–Kier alpha value is -1.85. The second-order valence-electron chi connectivity index (χ2n) is 6.25. The fourth-order valence-electron chi connectivity index (χ4n) is 2.95. The lowest BCUT2D eigenvalue weighted by Gasteiger charge is -2.08. The van der Waals surface area contributed by atoms with Crippen LogP contribution >= 0.6 is 0 Å². The molecule has 0 atom stereocenters. The van der Waals surface area contributed by atoms with Crippen LogP contribution in [0.4, 0.5) is 4.39 Å². The molecule has 1 heterocycles.